The fraction of sp³-hybridized carbons (Fsp3) is 0.481. The molecule has 3 atom stereocenters. The lowest BCUT2D eigenvalue weighted by atomic mass is 9.85. The Kier molecular flexibility index (Phi) is 6.56. The number of benzene rings is 2. The van der Waals surface area contributed by atoms with Gasteiger partial charge in [0.2, 0.25) is 0 Å². The van der Waals surface area contributed by atoms with Crippen molar-refractivity contribution in [3.05, 3.63) is 71.7 Å². The molecule has 5 rings (SSSR count). The summed E-state index contributed by atoms with van der Waals surface area (Å²) in [6.07, 6.45) is 8.63. The van der Waals surface area contributed by atoms with Crippen molar-refractivity contribution in [2.24, 2.45) is 5.92 Å². The standard InChI is InChI=1S/C27H33FN4O/c1-19-7-9-22(10-8-19)25-15-27(33)26(18-31(25)16-20-5-3-2-4-6-20)32-17-24(29-30-32)21-11-13-23(28)14-12-21/h7-14,17,20,25-27,33H,2-6,15-16,18H2,1H3. The third kappa shape index (κ3) is 5.02. The van der Waals surface area contributed by atoms with Crippen molar-refractivity contribution < 1.29 is 9.50 Å². The highest BCUT2D eigenvalue weighted by molar-refractivity contribution is 5.57. The maximum Gasteiger partial charge on any atom is 0.123 e. The van der Waals surface area contributed by atoms with Gasteiger partial charge in [-0.25, -0.2) is 9.07 Å². The smallest absolute Gasteiger partial charge is 0.123 e. The molecule has 6 heteroatoms. The SMILES string of the molecule is Cc1ccc(C2CC(O)C(n3cc(-c4ccc(F)cc4)nn3)CN2CC2CCCCC2)cc1. The number of hydrogen-bond donors (Lipinski definition) is 1. The molecule has 0 spiro atoms. The van der Waals surface area contributed by atoms with Crippen LogP contribution in [0.15, 0.2) is 54.7 Å². The summed E-state index contributed by atoms with van der Waals surface area (Å²) in [5, 5.41) is 19.9. The summed E-state index contributed by atoms with van der Waals surface area (Å²) in [5.74, 6) is 0.447. The topological polar surface area (TPSA) is 54.2 Å². The number of nitrogens with zero attached hydrogens (tertiary/aromatic N) is 4. The van der Waals surface area contributed by atoms with Crippen LogP contribution in [0, 0.1) is 18.7 Å². The second-order valence-corrected chi connectivity index (χ2v) is 9.85. The summed E-state index contributed by atoms with van der Waals surface area (Å²) in [6, 6.07) is 15.1. The van der Waals surface area contributed by atoms with Crippen LogP contribution >= 0.6 is 0 Å². The van der Waals surface area contributed by atoms with E-state index in [1.165, 1.54) is 55.4 Å². The summed E-state index contributed by atoms with van der Waals surface area (Å²) >= 11 is 0. The van der Waals surface area contributed by atoms with E-state index in [4.69, 9.17) is 0 Å². The molecule has 2 aliphatic rings. The first-order chi connectivity index (χ1) is 16.1. The number of aliphatic hydroxyl groups is 1. The molecule has 1 aliphatic carbocycles. The Hall–Kier alpha value is -2.57. The molecule has 0 radical (unpaired) electrons. The Morgan fingerprint density at radius 3 is 2.45 bits per heavy atom. The van der Waals surface area contributed by atoms with Gasteiger partial charge < -0.3 is 5.11 Å². The predicted octanol–water partition coefficient (Wildman–Crippen LogP) is 5.32. The molecular weight excluding hydrogens is 415 g/mol. The summed E-state index contributed by atoms with van der Waals surface area (Å²) in [6.45, 7) is 3.91. The number of likely N-dealkylation sites (tertiary alicyclic amines) is 1. The molecule has 1 N–H and O–H groups in total. The quantitative estimate of drug-likeness (QED) is 0.574. The molecule has 5 nitrogen and oxygen atoms in total. The molecule has 1 aliphatic heterocycles. The van der Waals surface area contributed by atoms with Gasteiger partial charge in [-0.2, -0.15) is 0 Å². The lowest BCUT2D eigenvalue weighted by molar-refractivity contribution is -0.0154. The van der Waals surface area contributed by atoms with Crippen LogP contribution in [0.3, 0.4) is 0 Å². The Bertz CT molecular complexity index is 1040. The summed E-state index contributed by atoms with van der Waals surface area (Å²) < 4.78 is 15.1. The average Bonchev–Trinajstić information content (AvgIpc) is 3.32. The van der Waals surface area contributed by atoms with E-state index in [1.54, 1.807) is 12.1 Å². The van der Waals surface area contributed by atoms with Gasteiger partial charge in [0.05, 0.1) is 18.3 Å². The highest BCUT2D eigenvalue weighted by Crippen LogP contribution is 2.38. The minimum atomic E-state index is -0.512. The number of aromatic nitrogens is 3. The molecule has 3 unspecified atom stereocenters. The average molecular weight is 449 g/mol. The minimum absolute atomic E-state index is 0.156. The summed E-state index contributed by atoms with van der Waals surface area (Å²) in [7, 11) is 0. The van der Waals surface area contributed by atoms with Gasteiger partial charge in [0.15, 0.2) is 0 Å². The molecule has 0 amide bonds. The van der Waals surface area contributed by atoms with Crippen LogP contribution in [0.4, 0.5) is 4.39 Å². The summed E-state index contributed by atoms with van der Waals surface area (Å²) in [4.78, 5) is 2.57. The number of aryl methyl sites for hydroxylation is 1. The van der Waals surface area contributed by atoms with Crippen molar-refractivity contribution in [1.29, 1.82) is 0 Å². The Morgan fingerprint density at radius 2 is 1.73 bits per heavy atom. The van der Waals surface area contributed by atoms with E-state index in [2.05, 4.69) is 46.4 Å². The minimum Gasteiger partial charge on any atom is -0.391 e. The van der Waals surface area contributed by atoms with Crippen LogP contribution in [-0.2, 0) is 0 Å². The zero-order valence-corrected chi connectivity index (χ0v) is 19.3. The highest BCUT2D eigenvalue weighted by atomic mass is 19.1. The molecule has 1 saturated heterocycles. The van der Waals surface area contributed by atoms with Crippen molar-refractivity contribution in [2.45, 2.75) is 63.6 Å². The van der Waals surface area contributed by atoms with Gasteiger partial charge >= 0.3 is 0 Å². The number of hydrogen-bond acceptors (Lipinski definition) is 4. The molecule has 2 heterocycles. The molecule has 1 aromatic heterocycles. The molecule has 3 aromatic rings. The van der Waals surface area contributed by atoms with E-state index in [-0.39, 0.29) is 17.9 Å². The molecule has 174 valence electrons. The fourth-order valence-corrected chi connectivity index (χ4v) is 5.51. The van der Waals surface area contributed by atoms with Crippen LogP contribution < -0.4 is 0 Å². The normalized spacial score (nSPS) is 24.8. The Labute approximate surface area is 195 Å². The van der Waals surface area contributed by atoms with Crippen molar-refractivity contribution in [1.82, 2.24) is 19.9 Å². The van der Waals surface area contributed by atoms with Gasteiger partial charge in [-0.05, 0) is 61.9 Å². The van der Waals surface area contributed by atoms with E-state index < -0.39 is 6.10 Å². The number of halogens is 1. The van der Waals surface area contributed by atoms with E-state index >= 15 is 0 Å². The predicted molar refractivity (Wildman–Crippen MR) is 127 cm³/mol. The molecule has 33 heavy (non-hydrogen) atoms. The third-order valence-corrected chi connectivity index (χ3v) is 7.44. The zero-order chi connectivity index (χ0) is 22.8. The number of aliphatic hydroxyl groups excluding tert-OH is 1. The second kappa shape index (κ2) is 9.74. The number of rotatable bonds is 5. The first kappa shape index (κ1) is 22.2. The van der Waals surface area contributed by atoms with Gasteiger partial charge in [-0.3, -0.25) is 4.90 Å². The van der Waals surface area contributed by atoms with Crippen molar-refractivity contribution in [2.75, 3.05) is 13.1 Å². The van der Waals surface area contributed by atoms with Crippen LogP contribution in [0.1, 0.15) is 61.7 Å². The van der Waals surface area contributed by atoms with Crippen LogP contribution in [0.5, 0.6) is 0 Å². The van der Waals surface area contributed by atoms with Crippen molar-refractivity contribution in [3.8, 4) is 11.3 Å². The lowest BCUT2D eigenvalue weighted by Crippen LogP contribution is -2.47. The lowest BCUT2D eigenvalue weighted by Gasteiger charge is -2.44. The fourth-order valence-electron chi connectivity index (χ4n) is 5.51. The highest BCUT2D eigenvalue weighted by Gasteiger charge is 2.38. The van der Waals surface area contributed by atoms with Crippen molar-refractivity contribution in [3.63, 3.8) is 0 Å². The van der Waals surface area contributed by atoms with Crippen LogP contribution in [0.25, 0.3) is 11.3 Å². The molecule has 1 saturated carbocycles. The molecule has 2 fully saturated rings. The number of piperidine rings is 1. The van der Waals surface area contributed by atoms with E-state index in [9.17, 15) is 9.50 Å². The third-order valence-electron chi connectivity index (χ3n) is 7.44. The first-order valence-corrected chi connectivity index (χ1v) is 12.2. The zero-order valence-electron chi connectivity index (χ0n) is 19.3. The van der Waals surface area contributed by atoms with E-state index in [0.29, 0.717) is 18.0 Å². The second-order valence-electron chi connectivity index (χ2n) is 9.85. The van der Waals surface area contributed by atoms with Gasteiger partial charge in [0.1, 0.15) is 11.5 Å². The molecule has 0 bridgehead atoms. The first-order valence-electron chi connectivity index (χ1n) is 12.2. The Morgan fingerprint density at radius 1 is 1.00 bits per heavy atom. The van der Waals surface area contributed by atoms with Gasteiger partial charge in [-0.1, -0.05) is 54.3 Å². The van der Waals surface area contributed by atoms with Crippen molar-refractivity contribution >= 4 is 0 Å². The largest absolute Gasteiger partial charge is 0.391 e. The van der Waals surface area contributed by atoms with Crippen LogP contribution in [0.2, 0.25) is 0 Å². The van der Waals surface area contributed by atoms with E-state index in [0.717, 1.165) is 18.7 Å². The van der Waals surface area contributed by atoms with Gasteiger partial charge in [0, 0.05) is 24.7 Å². The maximum absolute atomic E-state index is 13.3. The van der Waals surface area contributed by atoms with Gasteiger partial charge in [-0.15, -0.1) is 5.10 Å². The van der Waals surface area contributed by atoms with Crippen LogP contribution in [-0.4, -0.2) is 44.2 Å². The van der Waals surface area contributed by atoms with E-state index in [1.807, 2.05) is 10.9 Å². The molecule has 2 aromatic carbocycles. The molecular formula is C27H33FN4O. The maximum atomic E-state index is 13.3. The summed E-state index contributed by atoms with van der Waals surface area (Å²) in [5.41, 5.74) is 4.05. The Balaban J connectivity index is 1.39. The van der Waals surface area contributed by atoms with Gasteiger partial charge in [0.25, 0.3) is 0 Å². The monoisotopic (exact) mass is 448 g/mol.